The molecular formula is C12H25N. The molecule has 0 aliphatic heterocycles. The lowest BCUT2D eigenvalue weighted by Gasteiger charge is -2.12. The first-order chi connectivity index (χ1) is 6.43. The summed E-state index contributed by atoms with van der Waals surface area (Å²) in [7, 11) is 0. The number of hydrogen-bond donors (Lipinski definition) is 1. The Hall–Kier alpha value is -0.0400. The van der Waals surface area contributed by atoms with Gasteiger partial charge in [0.1, 0.15) is 0 Å². The van der Waals surface area contributed by atoms with E-state index in [1.165, 1.54) is 64.2 Å². The van der Waals surface area contributed by atoms with Crippen LogP contribution in [0.4, 0.5) is 0 Å². The quantitative estimate of drug-likeness (QED) is 0.512. The standard InChI is InChI=1S/C12H25N/c13-11-7-3-6-10-12-8-4-1-2-5-9-12/h12H,1-11,13H2. The summed E-state index contributed by atoms with van der Waals surface area (Å²) >= 11 is 0. The van der Waals surface area contributed by atoms with Crippen molar-refractivity contribution in [2.45, 2.75) is 64.2 Å². The molecule has 13 heavy (non-hydrogen) atoms. The van der Waals surface area contributed by atoms with E-state index in [4.69, 9.17) is 5.73 Å². The zero-order chi connectivity index (χ0) is 9.36. The maximum atomic E-state index is 5.47. The van der Waals surface area contributed by atoms with Crippen LogP contribution < -0.4 is 5.73 Å². The fourth-order valence-electron chi connectivity index (χ4n) is 2.41. The van der Waals surface area contributed by atoms with Gasteiger partial charge in [0, 0.05) is 0 Å². The highest BCUT2D eigenvalue weighted by Crippen LogP contribution is 2.26. The molecule has 0 radical (unpaired) electrons. The predicted molar refractivity (Wildman–Crippen MR) is 58.7 cm³/mol. The van der Waals surface area contributed by atoms with Crippen LogP contribution in [-0.2, 0) is 0 Å². The van der Waals surface area contributed by atoms with Crippen molar-refractivity contribution in [1.82, 2.24) is 0 Å². The summed E-state index contributed by atoms with van der Waals surface area (Å²) in [6.45, 7) is 0.880. The van der Waals surface area contributed by atoms with Crippen molar-refractivity contribution in [3.63, 3.8) is 0 Å². The average molecular weight is 183 g/mol. The van der Waals surface area contributed by atoms with Crippen molar-refractivity contribution < 1.29 is 0 Å². The third-order valence-corrected chi connectivity index (χ3v) is 3.29. The Kier molecular flexibility index (Phi) is 6.26. The van der Waals surface area contributed by atoms with Crippen LogP contribution in [-0.4, -0.2) is 6.54 Å². The monoisotopic (exact) mass is 183 g/mol. The van der Waals surface area contributed by atoms with Gasteiger partial charge in [-0.25, -0.2) is 0 Å². The smallest absolute Gasteiger partial charge is 0.00773 e. The Balaban J connectivity index is 1.98. The third kappa shape index (κ3) is 5.30. The molecule has 1 aliphatic carbocycles. The van der Waals surface area contributed by atoms with Crippen LogP contribution in [0.15, 0.2) is 0 Å². The van der Waals surface area contributed by atoms with E-state index in [9.17, 15) is 0 Å². The van der Waals surface area contributed by atoms with Gasteiger partial charge in [0.2, 0.25) is 0 Å². The summed E-state index contributed by atoms with van der Waals surface area (Å²) in [5.41, 5.74) is 5.47. The van der Waals surface area contributed by atoms with Gasteiger partial charge in [-0.05, 0) is 18.9 Å². The van der Waals surface area contributed by atoms with Gasteiger partial charge in [0.15, 0.2) is 0 Å². The molecule has 1 rings (SSSR count). The zero-order valence-electron chi connectivity index (χ0n) is 8.93. The van der Waals surface area contributed by atoms with Crippen molar-refractivity contribution in [3.8, 4) is 0 Å². The summed E-state index contributed by atoms with van der Waals surface area (Å²) < 4.78 is 0. The van der Waals surface area contributed by atoms with Crippen LogP contribution in [0.25, 0.3) is 0 Å². The van der Waals surface area contributed by atoms with Gasteiger partial charge in [-0.2, -0.15) is 0 Å². The highest BCUT2D eigenvalue weighted by Gasteiger charge is 2.10. The Labute approximate surface area is 83.1 Å². The minimum absolute atomic E-state index is 0.880. The lowest BCUT2D eigenvalue weighted by molar-refractivity contribution is 0.408. The van der Waals surface area contributed by atoms with Gasteiger partial charge >= 0.3 is 0 Å². The van der Waals surface area contributed by atoms with E-state index < -0.39 is 0 Å². The molecule has 0 saturated heterocycles. The highest BCUT2D eigenvalue weighted by molar-refractivity contribution is 4.64. The molecule has 1 saturated carbocycles. The summed E-state index contributed by atoms with van der Waals surface area (Å²) in [5.74, 6) is 1.06. The van der Waals surface area contributed by atoms with Crippen LogP contribution in [0.5, 0.6) is 0 Å². The molecule has 0 aromatic carbocycles. The van der Waals surface area contributed by atoms with Crippen LogP contribution in [0.1, 0.15) is 64.2 Å². The van der Waals surface area contributed by atoms with E-state index in [1.807, 2.05) is 0 Å². The molecule has 0 bridgehead atoms. The second kappa shape index (κ2) is 7.37. The van der Waals surface area contributed by atoms with Crippen LogP contribution in [0.3, 0.4) is 0 Å². The Morgan fingerprint density at radius 3 is 2.15 bits per heavy atom. The maximum Gasteiger partial charge on any atom is -0.00773 e. The molecule has 78 valence electrons. The second-order valence-corrected chi connectivity index (χ2v) is 4.50. The normalized spacial score (nSPS) is 20.1. The van der Waals surface area contributed by atoms with E-state index in [1.54, 1.807) is 0 Å². The van der Waals surface area contributed by atoms with Crippen LogP contribution in [0, 0.1) is 5.92 Å². The second-order valence-electron chi connectivity index (χ2n) is 4.50. The molecule has 2 N–H and O–H groups in total. The first-order valence-electron chi connectivity index (χ1n) is 6.13. The molecule has 0 spiro atoms. The Bertz CT molecular complexity index is 104. The summed E-state index contributed by atoms with van der Waals surface area (Å²) in [4.78, 5) is 0. The molecule has 1 nitrogen and oxygen atoms in total. The van der Waals surface area contributed by atoms with Crippen molar-refractivity contribution >= 4 is 0 Å². The molecule has 0 unspecified atom stereocenters. The fraction of sp³-hybridized carbons (Fsp3) is 1.00. The molecule has 0 aromatic rings. The minimum atomic E-state index is 0.880. The lowest BCUT2D eigenvalue weighted by Crippen LogP contribution is -2.01. The SMILES string of the molecule is NCCCCCC1CCCCCC1. The summed E-state index contributed by atoms with van der Waals surface area (Å²) in [5, 5.41) is 0. The fourth-order valence-corrected chi connectivity index (χ4v) is 2.41. The van der Waals surface area contributed by atoms with Gasteiger partial charge in [0.25, 0.3) is 0 Å². The number of rotatable bonds is 5. The van der Waals surface area contributed by atoms with E-state index in [2.05, 4.69) is 0 Å². The van der Waals surface area contributed by atoms with Gasteiger partial charge < -0.3 is 5.73 Å². The van der Waals surface area contributed by atoms with Crippen molar-refractivity contribution in [2.24, 2.45) is 11.7 Å². The molecule has 0 aromatic heterocycles. The average Bonchev–Trinajstić information content (AvgIpc) is 2.41. The van der Waals surface area contributed by atoms with Crippen LogP contribution in [0.2, 0.25) is 0 Å². The molecule has 1 fully saturated rings. The van der Waals surface area contributed by atoms with Gasteiger partial charge in [0.05, 0.1) is 0 Å². The summed E-state index contributed by atoms with van der Waals surface area (Å²) in [6, 6.07) is 0. The highest BCUT2D eigenvalue weighted by atomic mass is 14.5. The number of nitrogens with two attached hydrogens (primary N) is 1. The van der Waals surface area contributed by atoms with E-state index in [-0.39, 0.29) is 0 Å². The van der Waals surface area contributed by atoms with Crippen LogP contribution >= 0.6 is 0 Å². The Morgan fingerprint density at radius 2 is 1.54 bits per heavy atom. The largest absolute Gasteiger partial charge is 0.330 e. The molecular weight excluding hydrogens is 158 g/mol. The maximum absolute atomic E-state index is 5.47. The first-order valence-corrected chi connectivity index (χ1v) is 6.13. The van der Waals surface area contributed by atoms with Gasteiger partial charge in [-0.15, -0.1) is 0 Å². The van der Waals surface area contributed by atoms with E-state index in [0.29, 0.717) is 0 Å². The number of hydrogen-bond acceptors (Lipinski definition) is 1. The van der Waals surface area contributed by atoms with Crippen molar-refractivity contribution in [2.75, 3.05) is 6.54 Å². The topological polar surface area (TPSA) is 26.0 Å². The molecule has 0 amide bonds. The molecule has 0 atom stereocenters. The third-order valence-electron chi connectivity index (χ3n) is 3.29. The van der Waals surface area contributed by atoms with Gasteiger partial charge in [-0.3, -0.25) is 0 Å². The predicted octanol–water partition coefficient (Wildman–Crippen LogP) is 3.48. The zero-order valence-corrected chi connectivity index (χ0v) is 8.93. The molecule has 1 aliphatic rings. The van der Waals surface area contributed by atoms with Crippen molar-refractivity contribution in [3.05, 3.63) is 0 Å². The Morgan fingerprint density at radius 1 is 0.846 bits per heavy atom. The summed E-state index contributed by atoms with van der Waals surface area (Å²) in [6.07, 6.45) is 14.4. The van der Waals surface area contributed by atoms with Crippen molar-refractivity contribution in [1.29, 1.82) is 0 Å². The minimum Gasteiger partial charge on any atom is -0.330 e. The lowest BCUT2D eigenvalue weighted by atomic mass is 9.94. The first kappa shape index (κ1) is 11.0. The van der Waals surface area contributed by atoms with E-state index >= 15 is 0 Å². The van der Waals surface area contributed by atoms with E-state index in [0.717, 1.165) is 12.5 Å². The number of unbranched alkanes of at least 4 members (excludes halogenated alkanes) is 2. The molecule has 0 heterocycles. The van der Waals surface area contributed by atoms with Gasteiger partial charge in [-0.1, -0.05) is 57.8 Å². The molecule has 1 heteroatoms.